The lowest BCUT2D eigenvalue weighted by Crippen LogP contribution is -2.29. The van der Waals surface area contributed by atoms with Crippen LogP contribution < -0.4 is 4.90 Å². The van der Waals surface area contributed by atoms with Crippen molar-refractivity contribution in [3.63, 3.8) is 0 Å². The number of anilines is 1. The van der Waals surface area contributed by atoms with Gasteiger partial charge in [0.1, 0.15) is 0 Å². The van der Waals surface area contributed by atoms with E-state index in [0.29, 0.717) is 16.5 Å². The molecule has 2 amide bonds. The molecule has 0 saturated heterocycles. The number of alkyl halides is 3. The van der Waals surface area contributed by atoms with Crippen molar-refractivity contribution in [1.82, 2.24) is 0 Å². The highest BCUT2D eigenvalue weighted by atomic mass is 19.4. The van der Waals surface area contributed by atoms with Gasteiger partial charge in [0.2, 0.25) is 6.10 Å². The van der Waals surface area contributed by atoms with Gasteiger partial charge in [-0.15, -0.1) is 0 Å². The molecule has 0 spiro atoms. The van der Waals surface area contributed by atoms with E-state index in [-0.39, 0.29) is 29.0 Å². The molecule has 0 unspecified atom stereocenters. The second-order valence-corrected chi connectivity index (χ2v) is 7.70. The van der Waals surface area contributed by atoms with Crippen LogP contribution in [0.25, 0.3) is 0 Å². The lowest BCUT2D eigenvalue weighted by molar-refractivity contribution is -0.154. The lowest BCUT2D eigenvalue weighted by Gasteiger charge is -2.17. The second kappa shape index (κ2) is 9.65. The minimum Gasteiger partial charge on any atom is -0.463 e. The van der Waals surface area contributed by atoms with Crippen LogP contribution >= 0.6 is 0 Å². The fourth-order valence-electron chi connectivity index (χ4n) is 3.70. The molecule has 3 aromatic rings. The van der Waals surface area contributed by atoms with E-state index < -0.39 is 41.6 Å². The molecule has 36 heavy (non-hydrogen) atoms. The zero-order valence-electron chi connectivity index (χ0n) is 18.7. The molecule has 0 radical (unpaired) electrons. The highest BCUT2D eigenvalue weighted by Gasteiger charge is 2.39. The van der Waals surface area contributed by atoms with E-state index in [1.165, 1.54) is 18.2 Å². The minimum absolute atomic E-state index is 0.0561. The van der Waals surface area contributed by atoms with Gasteiger partial charge in [-0.2, -0.15) is 13.2 Å². The predicted octanol–water partition coefficient (Wildman–Crippen LogP) is 4.97. The summed E-state index contributed by atoms with van der Waals surface area (Å²) in [6, 6.07) is 15.5. The number of amides is 2. The summed E-state index contributed by atoms with van der Waals surface area (Å²) in [6.07, 6.45) is -6.04. The fraction of sp³-hybridized carbons (Fsp3) is 0.154. The summed E-state index contributed by atoms with van der Waals surface area (Å²) in [7, 11) is 0. The molecule has 1 aliphatic rings. The first kappa shape index (κ1) is 24.6. The average molecular weight is 497 g/mol. The number of halogens is 3. The molecule has 0 N–H and O–H groups in total. The van der Waals surface area contributed by atoms with Gasteiger partial charge in [0.25, 0.3) is 11.8 Å². The maximum Gasteiger partial charge on any atom is 0.416 e. The van der Waals surface area contributed by atoms with E-state index in [1.807, 2.05) is 0 Å². The maximum absolute atomic E-state index is 13.1. The summed E-state index contributed by atoms with van der Waals surface area (Å²) in [4.78, 5) is 51.7. The first-order valence-corrected chi connectivity index (χ1v) is 10.7. The monoisotopic (exact) mass is 497 g/mol. The topological polar surface area (TPSA) is 90.0 Å². The van der Waals surface area contributed by atoms with Crippen LogP contribution in [0.15, 0.2) is 72.8 Å². The summed E-state index contributed by atoms with van der Waals surface area (Å²) in [5.41, 5.74) is -1.31. The largest absolute Gasteiger partial charge is 0.463 e. The van der Waals surface area contributed by atoms with Crippen LogP contribution in [-0.4, -0.2) is 30.4 Å². The van der Waals surface area contributed by atoms with Gasteiger partial charge >= 0.3 is 18.1 Å². The van der Waals surface area contributed by atoms with Crippen molar-refractivity contribution in [1.29, 1.82) is 0 Å². The van der Waals surface area contributed by atoms with E-state index in [2.05, 4.69) is 0 Å². The number of imide groups is 1. The Balaban J connectivity index is 1.62. The molecule has 1 aliphatic heterocycles. The Morgan fingerprint density at radius 1 is 0.889 bits per heavy atom. The van der Waals surface area contributed by atoms with E-state index in [4.69, 9.17) is 9.47 Å². The van der Waals surface area contributed by atoms with Crippen molar-refractivity contribution < 1.29 is 41.8 Å². The van der Waals surface area contributed by atoms with Crippen LogP contribution in [0.1, 0.15) is 55.2 Å². The molecule has 1 atom stereocenters. The normalized spacial score (nSPS) is 13.8. The SMILES string of the molecule is CCOC(=O)[C@@H](OC(=O)c1ccc2c(c1)C(=O)N(c1cccc(C(F)(F)F)c1)C2=O)c1ccccc1. The van der Waals surface area contributed by atoms with Crippen molar-refractivity contribution in [3.8, 4) is 0 Å². The summed E-state index contributed by atoms with van der Waals surface area (Å²) in [5, 5.41) is 0. The Morgan fingerprint density at radius 2 is 1.58 bits per heavy atom. The molecule has 0 aromatic heterocycles. The number of carbonyl (C=O) groups excluding carboxylic acids is 4. The van der Waals surface area contributed by atoms with Gasteiger partial charge in [-0.1, -0.05) is 36.4 Å². The van der Waals surface area contributed by atoms with Crippen molar-refractivity contribution in [3.05, 3.63) is 101 Å². The molecule has 0 saturated carbocycles. The fourth-order valence-corrected chi connectivity index (χ4v) is 3.70. The number of carbonyl (C=O) groups is 4. The molecular weight excluding hydrogens is 479 g/mol. The third-order valence-electron chi connectivity index (χ3n) is 5.38. The number of ether oxygens (including phenoxy) is 2. The molecule has 4 rings (SSSR count). The van der Waals surface area contributed by atoms with Crippen LogP contribution in [-0.2, 0) is 20.4 Å². The Bertz CT molecular complexity index is 1350. The van der Waals surface area contributed by atoms with Gasteiger partial charge in [-0.25, -0.2) is 14.5 Å². The van der Waals surface area contributed by atoms with Gasteiger partial charge < -0.3 is 9.47 Å². The van der Waals surface area contributed by atoms with Gasteiger partial charge in [-0.05, 0) is 43.3 Å². The van der Waals surface area contributed by atoms with Gasteiger partial charge in [0.15, 0.2) is 0 Å². The lowest BCUT2D eigenvalue weighted by atomic mass is 10.1. The van der Waals surface area contributed by atoms with E-state index in [9.17, 15) is 32.3 Å². The highest BCUT2D eigenvalue weighted by molar-refractivity contribution is 6.34. The Labute approximate surface area is 203 Å². The predicted molar refractivity (Wildman–Crippen MR) is 120 cm³/mol. The Hall–Kier alpha value is -4.47. The number of benzene rings is 3. The van der Waals surface area contributed by atoms with Crippen molar-refractivity contribution in [2.75, 3.05) is 11.5 Å². The Kier molecular flexibility index (Phi) is 6.61. The van der Waals surface area contributed by atoms with Crippen LogP contribution in [0.3, 0.4) is 0 Å². The van der Waals surface area contributed by atoms with E-state index in [1.54, 1.807) is 37.3 Å². The first-order chi connectivity index (χ1) is 17.1. The molecule has 7 nitrogen and oxygen atoms in total. The summed E-state index contributed by atoms with van der Waals surface area (Å²) >= 11 is 0. The molecule has 184 valence electrons. The van der Waals surface area contributed by atoms with Gasteiger partial charge in [0.05, 0.1) is 34.5 Å². The highest BCUT2D eigenvalue weighted by Crippen LogP contribution is 2.35. The van der Waals surface area contributed by atoms with Gasteiger partial charge in [0, 0.05) is 5.56 Å². The second-order valence-electron chi connectivity index (χ2n) is 7.70. The van der Waals surface area contributed by atoms with Crippen LogP contribution in [0.5, 0.6) is 0 Å². The minimum atomic E-state index is -4.67. The number of rotatable bonds is 6. The number of hydrogen-bond acceptors (Lipinski definition) is 6. The summed E-state index contributed by atoms with van der Waals surface area (Å²) in [6.45, 7) is 1.65. The zero-order chi connectivity index (χ0) is 26.0. The van der Waals surface area contributed by atoms with Crippen LogP contribution in [0, 0.1) is 0 Å². The quantitative estimate of drug-likeness (QED) is 0.353. The number of fused-ring (bicyclic) bond motifs is 1. The molecule has 0 fully saturated rings. The summed E-state index contributed by atoms with van der Waals surface area (Å²) in [5.74, 6) is -3.48. The average Bonchev–Trinajstić information content (AvgIpc) is 3.11. The van der Waals surface area contributed by atoms with E-state index in [0.717, 1.165) is 18.2 Å². The first-order valence-electron chi connectivity index (χ1n) is 10.7. The smallest absolute Gasteiger partial charge is 0.416 e. The Morgan fingerprint density at radius 3 is 2.25 bits per heavy atom. The third-order valence-corrected chi connectivity index (χ3v) is 5.38. The van der Waals surface area contributed by atoms with Crippen molar-refractivity contribution >= 4 is 29.4 Å². The molecule has 0 bridgehead atoms. The standard InChI is InChI=1S/C26H18F3NO6/c1-2-35-25(34)21(15-7-4-3-5-8-15)36-24(33)16-11-12-19-20(13-16)23(32)30(22(19)31)18-10-6-9-17(14-18)26(27,28)29/h3-14,21H,2H2,1H3/t21-/m0/s1. The number of nitrogens with zero attached hydrogens (tertiary/aromatic N) is 1. The van der Waals surface area contributed by atoms with Crippen molar-refractivity contribution in [2.45, 2.75) is 19.2 Å². The zero-order valence-corrected chi connectivity index (χ0v) is 18.7. The molecule has 1 heterocycles. The molecule has 3 aromatic carbocycles. The van der Waals surface area contributed by atoms with E-state index >= 15 is 0 Å². The van der Waals surface area contributed by atoms with Gasteiger partial charge in [-0.3, -0.25) is 9.59 Å². The molecule has 0 aliphatic carbocycles. The molecule has 10 heteroatoms. The third kappa shape index (κ3) is 4.70. The van der Waals surface area contributed by atoms with Crippen LogP contribution in [0.2, 0.25) is 0 Å². The summed E-state index contributed by atoms with van der Waals surface area (Å²) < 4.78 is 49.7. The number of esters is 2. The molecular formula is C26H18F3NO6. The number of hydrogen-bond donors (Lipinski definition) is 0. The van der Waals surface area contributed by atoms with Crippen molar-refractivity contribution in [2.24, 2.45) is 0 Å². The maximum atomic E-state index is 13.1. The van der Waals surface area contributed by atoms with Crippen LogP contribution in [0.4, 0.5) is 18.9 Å².